The summed E-state index contributed by atoms with van der Waals surface area (Å²) in [6.45, 7) is 3.96. The third kappa shape index (κ3) is 4.62. The molecule has 0 aliphatic rings. The molecule has 0 atom stereocenters. The minimum Gasteiger partial charge on any atom is -0.352 e. The molecule has 9 heteroatoms. The number of carbonyl (C=O) groups is 1. The number of carbonyl (C=O) groups excluding carboxylic acids is 1. The zero-order chi connectivity index (χ0) is 22.7. The lowest BCUT2D eigenvalue weighted by atomic mass is 10.1. The van der Waals surface area contributed by atoms with Crippen LogP contribution in [0, 0.1) is 13.8 Å². The van der Waals surface area contributed by atoms with E-state index in [1.165, 1.54) is 6.07 Å². The van der Waals surface area contributed by atoms with Gasteiger partial charge in [-0.25, -0.2) is 8.42 Å². The van der Waals surface area contributed by atoms with Gasteiger partial charge in [-0.05, 0) is 55.8 Å². The highest BCUT2D eigenvalue weighted by atomic mass is 32.2. The van der Waals surface area contributed by atoms with Crippen LogP contribution in [0.2, 0.25) is 0 Å². The summed E-state index contributed by atoms with van der Waals surface area (Å²) < 4.78 is 30.3. The van der Waals surface area contributed by atoms with Gasteiger partial charge in [-0.1, -0.05) is 29.8 Å². The smallest absolute Gasteiger partial charge is 0.262 e. The summed E-state index contributed by atoms with van der Waals surface area (Å²) in [5.41, 5.74) is 3.05. The van der Waals surface area contributed by atoms with Crippen molar-refractivity contribution in [3.8, 4) is 0 Å². The number of fused-ring (bicyclic) bond motifs is 1. The van der Waals surface area contributed by atoms with Crippen LogP contribution in [-0.4, -0.2) is 35.5 Å². The number of sulfonamides is 1. The minimum absolute atomic E-state index is 0.0641. The Hall–Kier alpha value is -3.72. The van der Waals surface area contributed by atoms with Crippen molar-refractivity contribution in [2.75, 3.05) is 11.3 Å². The quantitative estimate of drug-likeness (QED) is 0.451. The van der Waals surface area contributed by atoms with Crippen LogP contribution in [0.15, 0.2) is 71.8 Å². The van der Waals surface area contributed by atoms with Crippen molar-refractivity contribution >= 4 is 27.3 Å². The molecule has 2 aromatic carbocycles. The Bertz CT molecular complexity index is 1380. The van der Waals surface area contributed by atoms with E-state index in [0.29, 0.717) is 24.2 Å². The normalized spacial score (nSPS) is 11.4. The van der Waals surface area contributed by atoms with Crippen LogP contribution in [0.5, 0.6) is 0 Å². The number of hydrogen-bond donors (Lipinski definition) is 2. The van der Waals surface area contributed by atoms with Crippen LogP contribution in [-0.2, 0) is 16.4 Å². The molecule has 0 saturated heterocycles. The number of anilines is 1. The number of hydrogen-bond acceptors (Lipinski definition) is 5. The first-order chi connectivity index (χ1) is 15.3. The Morgan fingerprint density at radius 2 is 1.78 bits per heavy atom. The summed E-state index contributed by atoms with van der Waals surface area (Å²) >= 11 is 0. The Morgan fingerprint density at radius 3 is 2.56 bits per heavy atom. The molecular weight excluding hydrogens is 426 g/mol. The van der Waals surface area contributed by atoms with Gasteiger partial charge >= 0.3 is 0 Å². The molecule has 0 bridgehead atoms. The van der Waals surface area contributed by atoms with Gasteiger partial charge in [-0.3, -0.25) is 13.9 Å². The molecule has 2 aromatic heterocycles. The monoisotopic (exact) mass is 449 g/mol. The minimum atomic E-state index is -3.84. The lowest BCUT2D eigenvalue weighted by Gasteiger charge is -2.12. The molecule has 0 unspecified atom stereocenters. The molecule has 8 nitrogen and oxygen atoms in total. The largest absolute Gasteiger partial charge is 0.352 e. The number of benzene rings is 2. The van der Waals surface area contributed by atoms with Gasteiger partial charge in [0.25, 0.3) is 15.9 Å². The highest BCUT2D eigenvalue weighted by Gasteiger charge is 2.19. The average Bonchev–Trinajstić information content (AvgIpc) is 3.18. The second kappa shape index (κ2) is 8.80. The van der Waals surface area contributed by atoms with E-state index in [1.54, 1.807) is 31.2 Å². The third-order valence-corrected chi connectivity index (χ3v) is 6.59. The predicted octanol–water partition coefficient (Wildman–Crippen LogP) is 3.12. The number of rotatable bonds is 7. The molecule has 0 aliphatic heterocycles. The van der Waals surface area contributed by atoms with Gasteiger partial charge in [0, 0.05) is 30.4 Å². The number of aryl methyl sites for hydroxylation is 2. The van der Waals surface area contributed by atoms with E-state index in [4.69, 9.17) is 0 Å². The van der Waals surface area contributed by atoms with Crippen LogP contribution in [0.4, 0.5) is 5.69 Å². The second-order valence-corrected chi connectivity index (χ2v) is 9.15. The second-order valence-electron chi connectivity index (χ2n) is 7.50. The number of amides is 1. The first kappa shape index (κ1) is 21.5. The molecule has 1 amide bonds. The van der Waals surface area contributed by atoms with Crippen molar-refractivity contribution in [2.45, 2.75) is 25.2 Å². The van der Waals surface area contributed by atoms with Crippen molar-refractivity contribution < 1.29 is 13.2 Å². The number of nitrogens with zero attached hydrogens (tertiary/aromatic N) is 3. The van der Waals surface area contributed by atoms with Gasteiger partial charge in [-0.2, -0.15) is 0 Å². The number of nitrogens with one attached hydrogen (secondary N) is 2. The standard InChI is InChI=1S/C23H23N5O3S/c1-16-6-10-19(11-7-16)27-32(30,31)20-15-18(9-8-17(20)2)23(29)24-13-12-22-26-25-21-5-3-4-14-28(21)22/h3-11,14-15,27H,12-13H2,1-2H3,(H,24,29). The van der Waals surface area contributed by atoms with E-state index >= 15 is 0 Å². The van der Waals surface area contributed by atoms with Crippen LogP contribution >= 0.6 is 0 Å². The van der Waals surface area contributed by atoms with Gasteiger partial charge in [0.15, 0.2) is 5.65 Å². The van der Waals surface area contributed by atoms with E-state index in [1.807, 2.05) is 47.9 Å². The molecule has 0 radical (unpaired) electrons. The van der Waals surface area contributed by atoms with E-state index < -0.39 is 10.0 Å². The molecule has 0 fully saturated rings. The number of aromatic nitrogens is 3. The van der Waals surface area contributed by atoms with Crippen LogP contribution in [0.1, 0.15) is 27.3 Å². The first-order valence-electron chi connectivity index (χ1n) is 10.1. The first-order valence-corrected chi connectivity index (χ1v) is 11.6. The maximum atomic E-state index is 12.9. The van der Waals surface area contributed by atoms with Gasteiger partial charge in [-0.15, -0.1) is 10.2 Å². The molecule has 4 rings (SSSR count). The van der Waals surface area contributed by atoms with Crippen molar-refractivity contribution in [3.63, 3.8) is 0 Å². The molecule has 164 valence electrons. The molecule has 0 spiro atoms. The van der Waals surface area contributed by atoms with E-state index in [2.05, 4.69) is 20.2 Å². The van der Waals surface area contributed by atoms with Gasteiger partial charge in [0.1, 0.15) is 5.82 Å². The van der Waals surface area contributed by atoms with E-state index in [-0.39, 0.29) is 16.4 Å². The van der Waals surface area contributed by atoms with Crippen molar-refractivity contribution in [1.82, 2.24) is 19.9 Å². The Kier molecular flexibility index (Phi) is 5.91. The lowest BCUT2D eigenvalue weighted by molar-refractivity contribution is 0.0953. The fraction of sp³-hybridized carbons (Fsp3) is 0.174. The summed E-state index contributed by atoms with van der Waals surface area (Å²) in [4.78, 5) is 12.7. The SMILES string of the molecule is Cc1ccc(NS(=O)(=O)c2cc(C(=O)NCCc3nnc4ccccn34)ccc2C)cc1. The maximum Gasteiger partial charge on any atom is 0.262 e. The van der Waals surface area contributed by atoms with E-state index in [0.717, 1.165) is 17.0 Å². The predicted molar refractivity (Wildman–Crippen MR) is 122 cm³/mol. The molecule has 0 saturated carbocycles. The van der Waals surface area contributed by atoms with Crippen LogP contribution in [0.3, 0.4) is 0 Å². The summed E-state index contributed by atoms with van der Waals surface area (Å²) in [7, 11) is -3.84. The zero-order valence-electron chi connectivity index (χ0n) is 17.7. The van der Waals surface area contributed by atoms with Gasteiger partial charge in [0.05, 0.1) is 4.90 Å². The average molecular weight is 450 g/mol. The summed E-state index contributed by atoms with van der Waals surface area (Å²) in [6.07, 6.45) is 2.35. The molecule has 32 heavy (non-hydrogen) atoms. The Balaban J connectivity index is 1.46. The highest BCUT2D eigenvalue weighted by molar-refractivity contribution is 7.92. The Morgan fingerprint density at radius 1 is 1.00 bits per heavy atom. The third-order valence-electron chi connectivity index (χ3n) is 5.06. The molecule has 0 aliphatic carbocycles. The van der Waals surface area contributed by atoms with Crippen molar-refractivity contribution in [2.24, 2.45) is 0 Å². The van der Waals surface area contributed by atoms with Crippen molar-refractivity contribution in [3.05, 3.63) is 89.4 Å². The number of pyridine rings is 1. The molecule has 2 heterocycles. The summed E-state index contributed by atoms with van der Waals surface area (Å²) in [6, 6.07) is 17.3. The summed E-state index contributed by atoms with van der Waals surface area (Å²) in [5.74, 6) is 0.376. The Labute approximate surface area is 186 Å². The molecular formula is C23H23N5O3S. The van der Waals surface area contributed by atoms with Gasteiger partial charge in [0.2, 0.25) is 0 Å². The summed E-state index contributed by atoms with van der Waals surface area (Å²) in [5, 5.41) is 11.1. The molecule has 2 N–H and O–H groups in total. The lowest BCUT2D eigenvalue weighted by Crippen LogP contribution is -2.26. The maximum absolute atomic E-state index is 12.9. The fourth-order valence-corrected chi connectivity index (χ4v) is 4.64. The topological polar surface area (TPSA) is 105 Å². The fourth-order valence-electron chi connectivity index (χ4n) is 3.31. The van der Waals surface area contributed by atoms with Gasteiger partial charge < -0.3 is 5.32 Å². The van der Waals surface area contributed by atoms with Crippen LogP contribution in [0.25, 0.3) is 5.65 Å². The van der Waals surface area contributed by atoms with Crippen LogP contribution < -0.4 is 10.0 Å². The highest BCUT2D eigenvalue weighted by Crippen LogP contribution is 2.21. The molecule has 4 aromatic rings. The zero-order valence-corrected chi connectivity index (χ0v) is 18.6. The van der Waals surface area contributed by atoms with E-state index in [9.17, 15) is 13.2 Å². The van der Waals surface area contributed by atoms with Crippen molar-refractivity contribution in [1.29, 1.82) is 0 Å².